The summed E-state index contributed by atoms with van der Waals surface area (Å²) < 4.78 is 21.6. The predicted octanol–water partition coefficient (Wildman–Crippen LogP) is 3.77. The molecule has 0 amide bonds. The Kier molecular flexibility index (Phi) is 5.33. The van der Waals surface area contributed by atoms with Gasteiger partial charge in [0, 0.05) is 13.1 Å². The van der Waals surface area contributed by atoms with E-state index >= 15 is 0 Å². The number of methoxy groups -OCH3 is 1. The summed E-state index contributed by atoms with van der Waals surface area (Å²) in [5.74, 6) is 2.81. The fourth-order valence-electron chi connectivity index (χ4n) is 2.56. The van der Waals surface area contributed by atoms with E-state index in [0.29, 0.717) is 36.2 Å². The zero-order chi connectivity index (χ0) is 16.9. The van der Waals surface area contributed by atoms with Crippen molar-refractivity contribution in [3.63, 3.8) is 0 Å². The van der Waals surface area contributed by atoms with Gasteiger partial charge in [0.25, 0.3) is 0 Å². The Morgan fingerprint density at radius 2 is 1.88 bits per heavy atom. The van der Waals surface area contributed by atoms with Crippen molar-refractivity contribution in [2.45, 2.75) is 20.0 Å². The van der Waals surface area contributed by atoms with Gasteiger partial charge in [-0.15, -0.1) is 0 Å². The molecule has 1 heterocycles. The van der Waals surface area contributed by atoms with E-state index in [1.54, 1.807) is 7.11 Å². The summed E-state index contributed by atoms with van der Waals surface area (Å²) in [6, 6.07) is 9.76. The van der Waals surface area contributed by atoms with E-state index in [9.17, 15) is 0 Å². The molecule has 2 aromatic rings. The summed E-state index contributed by atoms with van der Waals surface area (Å²) in [5, 5.41) is 3.94. The van der Waals surface area contributed by atoms with Gasteiger partial charge in [0.15, 0.2) is 23.0 Å². The van der Waals surface area contributed by atoms with Crippen LogP contribution in [0.3, 0.4) is 0 Å². The second-order valence-electron chi connectivity index (χ2n) is 5.33. The zero-order valence-electron chi connectivity index (χ0n) is 13.7. The lowest BCUT2D eigenvalue weighted by molar-refractivity contribution is 0.174. The smallest absolute Gasteiger partial charge is 0.231 e. The van der Waals surface area contributed by atoms with Gasteiger partial charge in [-0.1, -0.05) is 17.7 Å². The van der Waals surface area contributed by atoms with Crippen LogP contribution in [0.4, 0.5) is 0 Å². The number of ether oxygens (including phenoxy) is 4. The van der Waals surface area contributed by atoms with Gasteiger partial charge in [-0.2, -0.15) is 0 Å². The SMILES string of the molecule is CCOc1c(Cl)cc(CNCc2ccc3c(c2)OCO3)cc1OC. The van der Waals surface area contributed by atoms with Gasteiger partial charge in [0.1, 0.15) is 0 Å². The molecule has 0 aliphatic carbocycles. The van der Waals surface area contributed by atoms with Gasteiger partial charge in [0.05, 0.1) is 18.7 Å². The molecule has 1 aliphatic heterocycles. The van der Waals surface area contributed by atoms with E-state index in [1.165, 1.54) is 0 Å². The summed E-state index contributed by atoms with van der Waals surface area (Å²) in [6.45, 7) is 4.12. The molecule has 2 aromatic carbocycles. The third-order valence-electron chi connectivity index (χ3n) is 3.67. The molecule has 0 spiro atoms. The van der Waals surface area contributed by atoms with Crippen molar-refractivity contribution in [3.8, 4) is 23.0 Å². The number of halogens is 1. The van der Waals surface area contributed by atoms with Gasteiger partial charge in [-0.05, 0) is 42.3 Å². The van der Waals surface area contributed by atoms with Crippen molar-refractivity contribution in [1.29, 1.82) is 0 Å². The third kappa shape index (κ3) is 3.68. The molecular formula is C18H20ClNO4. The van der Waals surface area contributed by atoms with Crippen molar-refractivity contribution in [1.82, 2.24) is 5.32 Å². The maximum absolute atomic E-state index is 6.29. The summed E-state index contributed by atoms with van der Waals surface area (Å²) in [5.41, 5.74) is 2.16. The van der Waals surface area contributed by atoms with Gasteiger partial charge in [-0.25, -0.2) is 0 Å². The largest absolute Gasteiger partial charge is 0.493 e. The molecule has 0 saturated carbocycles. The van der Waals surface area contributed by atoms with Crippen molar-refractivity contribution in [2.24, 2.45) is 0 Å². The Labute approximate surface area is 146 Å². The van der Waals surface area contributed by atoms with Crippen LogP contribution in [-0.4, -0.2) is 20.5 Å². The Morgan fingerprint density at radius 3 is 2.67 bits per heavy atom. The van der Waals surface area contributed by atoms with Gasteiger partial charge < -0.3 is 24.3 Å². The molecule has 5 nitrogen and oxygen atoms in total. The monoisotopic (exact) mass is 349 g/mol. The second-order valence-corrected chi connectivity index (χ2v) is 5.74. The van der Waals surface area contributed by atoms with Gasteiger partial charge in [0.2, 0.25) is 6.79 Å². The first kappa shape index (κ1) is 16.7. The summed E-state index contributed by atoms with van der Waals surface area (Å²) in [6.07, 6.45) is 0. The fraction of sp³-hybridized carbons (Fsp3) is 0.333. The number of hydrogen-bond donors (Lipinski definition) is 1. The molecule has 0 atom stereocenters. The van der Waals surface area contributed by atoms with Crippen LogP contribution in [0, 0.1) is 0 Å². The highest BCUT2D eigenvalue weighted by Crippen LogP contribution is 2.36. The van der Waals surface area contributed by atoms with Crippen LogP contribution in [0.15, 0.2) is 30.3 Å². The van der Waals surface area contributed by atoms with Crippen LogP contribution in [0.1, 0.15) is 18.1 Å². The number of hydrogen-bond acceptors (Lipinski definition) is 5. The Morgan fingerprint density at radius 1 is 1.08 bits per heavy atom. The Balaban J connectivity index is 1.63. The fourth-order valence-corrected chi connectivity index (χ4v) is 2.85. The van der Waals surface area contributed by atoms with Crippen LogP contribution >= 0.6 is 11.6 Å². The van der Waals surface area contributed by atoms with E-state index in [0.717, 1.165) is 22.6 Å². The van der Waals surface area contributed by atoms with Crippen molar-refractivity contribution >= 4 is 11.6 Å². The molecule has 0 saturated heterocycles. The van der Waals surface area contributed by atoms with E-state index in [1.807, 2.05) is 37.3 Å². The molecule has 24 heavy (non-hydrogen) atoms. The minimum absolute atomic E-state index is 0.288. The molecule has 0 bridgehead atoms. The molecule has 128 valence electrons. The topological polar surface area (TPSA) is 49.0 Å². The number of rotatable bonds is 7. The first-order valence-electron chi connectivity index (χ1n) is 7.79. The van der Waals surface area contributed by atoms with Crippen LogP contribution in [0.25, 0.3) is 0 Å². The highest BCUT2D eigenvalue weighted by molar-refractivity contribution is 6.32. The molecule has 0 radical (unpaired) electrons. The minimum Gasteiger partial charge on any atom is -0.493 e. The zero-order valence-corrected chi connectivity index (χ0v) is 14.5. The molecule has 6 heteroatoms. The lowest BCUT2D eigenvalue weighted by Crippen LogP contribution is -2.13. The molecule has 1 N–H and O–H groups in total. The van der Waals surface area contributed by atoms with Crippen LogP contribution < -0.4 is 24.3 Å². The van der Waals surface area contributed by atoms with E-state index in [4.69, 9.17) is 30.5 Å². The van der Waals surface area contributed by atoms with Gasteiger partial charge in [-0.3, -0.25) is 0 Å². The second kappa shape index (κ2) is 7.64. The highest BCUT2D eigenvalue weighted by atomic mass is 35.5. The quantitative estimate of drug-likeness (QED) is 0.824. The van der Waals surface area contributed by atoms with Crippen LogP contribution in [-0.2, 0) is 13.1 Å². The van der Waals surface area contributed by atoms with E-state index < -0.39 is 0 Å². The maximum Gasteiger partial charge on any atom is 0.231 e. The molecule has 0 fully saturated rings. The number of fused-ring (bicyclic) bond motifs is 1. The molecule has 1 aliphatic rings. The molecular weight excluding hydrogens is 330 g/mol. The lowest BCUT2D eigenvalue weighted by atomic mass is 10.1. The van der Waals surface area contributed by atoms with Crippen LogP contribution in [0.5, 0.6) is 23.0 Å². The molecule has 0 aromatic heterocycles. The Hall–Kier alpha value is -2.11. The predicted molar refractivity (Wildman–Crippen MR) is 92.3 cm³/mol. The maximum atomic E-state index is 6.29. The minimum atomic E-state index is 0.288. The normalized spacial score (nSPS) is 12.3. The lowest BCUT2D eigenvalue weighted by Gasteiger charge is -2.13. The van der Waals surface area contributed by atoms with Crippen molar-refractivity contribution in [2.75, 3.05) is 20.5 Å². The first-order chi connectivity index (χ1) is 11.7. The summed E-state index contributed by atoms with van der Waals surface area (Å²) in [4.78, 5) is 0. The third-order valence-corrected chi connectivity index (χ3v) is 3.95. The first-order valence-corrected chi connectivity index (χ1v) is 8.17. The average molecular weight is 350 g/mol. The molecule has 3 rings (SSSR count). The Bertz CT molecular complexity index is 720. The summed E-state index contributed by atoms with van der Waals surface area (Å²) in [7, 11) is 1.61. The summed E-state index contributed by atoms with van der Waals surface area (Å²) >= 11 is 6.29. The standard InChI is InChI=1S/C18H20ClNO4/c1-3-22-18-14(19)6-13(8-17(18)21-2)10-20-9-12-4-5-15-16(7-12)24-11-23-15/h4-8,20H,3,9-11H2,1-2H3. The number of nitrogens with one attached hydrogen (secondary N) is 1. The van der Waals surface area contributed by atoms with E-state index in [2.05, 4.69) is 5.32 Å². The average Bonchev–Trinajstić information content (AvgIpc) is 3.04. The highest BCUT2D eigenvalue weighted by Gasteiger charge is 2.14. The molecule has 0 unspecified atom stereocenters. The van der Waals surface area contributed by atoms with Gasteiger partial charge >= 0.3 is 0 Å². The van der Waals surface area contributed by atoms with Crippen molar-refractivity contribution in [3.05, 3.63) is 46.5 Å². The van der Waals surface area contributed by atoms with Crippen molar-refractivity contribution < 1.29 is 18.9 Å². The number of benzene rings is 2. The van der Waals surface area contributed by atoms with Crippen LogP contribution in [0.2, 0.25) is 5.02 Å². The van der Waals surface area contributed by atoms with E-state index in [-0.39, 0.29) is 6.79 Å².